The van der Waals surface area contributed by atoms with E-state index in [1.54, 1.807) is 36.4 Å². The van der Waals surface area contributed by atoms with Crippen LogP contribution in [0.5, 0.6) is 11.5 Å². The van der Waals surface area contributed by atoms with Crippen LogP contribution in [0.3, 0.4) is 0 Å². The van der Waals surface area contributed by atoms with Crippen LogP contribution in [0.1, 0.15) is 66.4 Å². The van der Waals surface area contributed by atoms with Crippen LogP contribution < -0.4 is 9.47 Å². The van der Waals surface area contributed by atoms with Gasteiger partial charge in [-0.05, 0) is 71.8 Å². The van der Waals surface area contributed by atoms with Crippen molar-refractivity contribution in [3.63, 3.8) is 0 Å². The number of hydrogen-bond donors (Lipinski definition) is 0. The fraction of sp³-hybridized carbons (Fsp3) is 0.220. The van der Waals surface area contributed by atoms with Gasteiger partial charge < -0.3 is 28.4 Å². The zero-order chi connectivity index (χ0) is 36.6. The van der Waals surface area contributed by atoms with Crippen molar-refractivity contribution in [1.29, 1.82) is 0 Å². The third kappa shape index (κ3) is 10.9. The number of benzene rings is 4. The van der Waals surface area contributed by atoms with E-state index in [2.05, 4.69) is 27.0 Å². The van der Waals surface area contributed by atoms with Crippen molar-refractivity contribution < 1.29 is 47.6 Å². The highest BCUT2D eigenvalue weighted by Gasteiger charge is 2.23. The van der Waals surface area contributed by atoms with Gasteiger partial charge in [0.25, 0.3) is 0 Å². The lowest BCUT2D eigenvalue weighted by molar-refractivity contribution is 0.0441. The Morgan fingerprint density at radius 2 is 0.843 bits per heavy atom. The van der Waals surface area contributed by atoms with Crippen LogP contribution in [0.4, 0.5) is 0 Å². The molecule has 10 heteroatoms. The summed E-state index contributed by atoms with van der Waals surface area (Å²) in [4.78, 5) is 49.0. The van der Waals surface area contributed by atoms with Gasteiger partial charge in [-0.15, -0.1) is 0 Å². The van der Waals surface area contributed by atoms with Crippen molar-refractivity contribution in [1.82, 2.24) is 0 Å². The average molecular weight is 693 g/mol. The molecule has 0 bridgehead atoms. The van der Waals surface area contributed by atoms with Gasteiger partial charge in [0, 0.05) is 5.41 Å². The van der Waals surface area contributed by atoms with Gasteiger partial charge in [0.2, 0.25) is 0 Å². The molecule has 0 radical (unpaired) electrons. The molecule has 0 aliphatic carbocycles. The molecule has 0 N–H and O–H groups in total. The molecule has 0 atom stereocenters. The summed E-state index contributed by atoms with van der Waals surface area (Å²) in [6.45, 7) is 11.7. The topological polar surface area (TPSA) is 124 Å². The minimum atomic E-state index is -0.572. The van der Waals surface area contributed by atoms with Crippen LogP contribution >= 0.6 is 0 Å². The largest absolute Gasteiger partial charge is 0.490 e. The summed E-state index contributed by atoms with van der Waals surface area (Å²) in [5, 5.41) is 0. The number of carbonyl (C=O) groups is 4. The standard InChI is InChI=1S/C41H40O10/c1-5-21-48-37(42)29-9-7-11-31(27-29)39(44)50-25-23-46-35-17-13-33(14-18-35)41(3,4)34-15-19-36(20-16-34)47-24-26-51-40(45)32-12-8-10-30(28-32)38(43)49-22-6-2/h5-20,27-28H,1-2,21-26H2,3-4H3. The summed E-state index contributed by atoms with van der Waals surface area (Å²) in [6.07, 6.45) is 2.93. The average Bonchev–Trinajstić information content (AvgIpc) is 3.16. The van der Waals surface area contributed by atoms with Gasteiger partial charge in [-0.3, -0.25) is 0 Å². The summed E-state index contributed by atoms with van der Waals surface area (Å²) in [5.41, 5.74) is 2.76. The predicted octanol–water partition coefficient (Wildman–Crippen LogP) is 7.17. The van der Waals surface area contributed by atoms with E-state index in [9.17, 15) is 19.2 Å². The molecule has 0 aliphatic rings. The van der Waals surface area contributed by atoms with E-state index in [-0.39, 0.29) is 67.3 Å². The fourth-order valence-electron chi connectivity index (χ4n) is 4.84. The maximum atomic E-state index is 12.5. The van der Waals surface area contributed by atoms with E-state index in [0.29, 0.717) is 11.5 Å². The van der Waals surface area contributed by atoms with Gasteiger partial charge in [0.1, 0.15) is 51.1 Å². The highest BCUT2D eigenvalue weighted by Crippen LogP contribution is 2.33. The summed E-state index contributed by atoms with van der Waals surface area (Å²) >= 11 is 0. The molecule has 0 amide bonds. The van der Waals surface area contributed by atoms with Crippen molar-refractivity contribution in [2.24, 2.45) is 0 Å². The first-order valence-corrected chi connectivity index (χ1v) is 16.2. The first-order valence-electron chi connectivity index (χ1n) is 16.2. The molecule has 51 heavy (non-hydrogen) atoms. The lowest BCUT2D eigenvalue weighted by atomic mass is 9.78. The third-order valence-electron chi connectivity index (χ3n) is 7.65. The Morgan fingerprint density at radius 3 is 1.18 bits per heavy atom. The molecule has 4 aromatic carbocycles. The van der Waals surface area contributed by atoms with Crippen LogP contribution in [-0.2, 0) is 24.4 Å². The van der Waals surface area contributed by atoms with Crippen molar-refractivity contribution >= 4 is 23.9 Å². The normalized spacial score (nSPS) is 10.7. The van der Waals surface area contributed by atoms with E-state index >= 15 is 0 Å². The fourth-order valence-corrected chi connectivity index (χ4v) is 4.84. The number of carbonyl (C=O) groups excluding carboxylic acids is 4. The SMILES string of the molecule is C=CCOC(=O)c1cccc(C(=O)OCCOc2ccc(C(C)(C)c3ccc(OCCOC(=O)c4cccc(C(=O)OCC=C)c4)cc3)cc2)c1. The second kappa shape index (κ2) is 18.6. The Bertz CT molecular complexity index is 1690. The van der Waals surface area contributed by atoms with Crippen molar-refractivity contribution in [3.05, 3.63) is 156 Å². The van der Waals surface area contributed by atoms with Gasteiger partial charge in [0.15, 0.2) is 0 Å². The Hall–Kier alpha value is -6.16. The Balaban J connectivity index is 1.20. The molecule has 0 aliphatic heterocycles. The van der Waals surface area contributed by atoms with Crippen LogP contribution in [-0.4, -0.2) is 63.5 Å². The summed E-state index contributed by atoms with van der Waals surface area (Å²) in [7, 11) is 0. The lowest BCUT2D eigenvalue weighted by Gasteiger charge is -2.26. The highest BCUT2D eigenvalue weighted by atomic mass is 16.6. The quantitative estimate of drug-likeness (QED) is 0.0459. The van der Waals surface area contributed by atoms with E-state index < -0.39 is 23.9 Å². The Labute approximate surface area is 297 Å². The van der Waals surface area contributed by atoms with Crippen molar-refractivity contribution in [3.8, 4) is 11.5 Å². The summed E-state index contributed by atoms with van der Waals surface area (Å²) in [6, 6.07) is 27.6. The molecular formula is C41H40O10. The van der Waals surface area contributed by atoms with Crippen LogP contribution in [0.2, 0.25) is 0 Å². The number of hydrogen-bond acceptors (Lipinski definition) is 10. The Morgan fingerprint density at radius 1 is 0.510 bits per heavy atom. The van der Waals surface area contributed by atoms with Crippen LogP contribution in [0.25, 0.3) is 0 Å². The maximum Gasteiger partial charge on any atom is 0.338 e. The van der Waals surface area contributed by atoms with Gasteiger partial charge in [-0.25, -0.2) is 19.2 Å². The zero-order valence-electron chi connectivity index (χ0n) is 28.6. The predicted molar refractivity (Wildman–Crippen MR) is 190 cm³/mol. The van der Waals surface area contributed by atoms with Crippen molar-refractivity contribution in [2.75, 3.05) is 39.6 Å². The summed E-state index contributed by atoms with van der Waals surface area (Å²) < 4.78 is 32.2. The molecule has 4 rings (SSSR count). The molecule has 0 heterocycles. The van der Waals surface area contributed by atoms with Crippen LogP contribution in [0, 0.1) is 0 Å². The monoisotopic (exact) mass is 692 g/mol. The van der Waals surface area contributed by atoms with Gasteiger partial charge in [0.05, 0.1) is 22.3 Å². The molecular weight excluding hydrogens is 652 g/mol. The second-order valence-electron chi connectivity index (χ2n) is 11.6. The van der Waals surface area contributed by atoms with E-state index in [1.165, 1.54) is 24.3 Å². The molecule has 264 valence electrons. The van der Waals surface area contributed by atoms with E-state index in [1.807, 2.05) is 48.5 Å². The molecule has 0 aromatic heterocycles. The van der Waals surface area contributed by atoms with E-state index in [0.717, 1.165) is 11.1 Å². The maximum absolute atomic E-state index is 12.5. The smallest absolute Gasteiger partial charge is 0.338 e. The van der Waals surface area contributed by atoms with Crippen LogP contribution in [0.15, 0.2) is 122 Å². The summed E-state index contributed by atoms with van der Waals surface area (Å²) in [5.74, 6) is -0.994. The third-order valence-corrected chi connectivity index (χ3v) is 7.65. The lowest BCUT2D eigenvalue weighted by Crippen LogP contribution is -2.19. The minimum Gasteiger partial charge on any atom is -0.490 e. The molecule has 0 unspecified atom stereocenters. The van der Waals surface area contributed by atoms with Gasteiger partial charge >= 0.3 is 23.9 Å². The number of rotatable bonds is 18. The van der Waals surface area contributed by atoms with E-state index in [4.69, 9.17) is 28.4 Å². The molecule has 0 fully saturated rings. The van der Waals surface area contributed by atoms with Gasteiger partial charge in [-0.1, -0.05) is 75.6 Å². The number of ether oxygens (including phenoxy) is 6. The molecule has 10 nitrogen and oxygen atoms in total. The van der Waals surface area contributed by atoms with Crippen molar-refractivity contribution in [2.45, 2.75) is 19.3 Å². The van der Waals surface area contributed by atoms with Gasteiger partial charge in [-0.2, -0.15) is 0 Å². The first-order chi connectivity index (χ1) is 24.6. The number of esters is 4. The Kier molecular flexibility index (Phi) is 13.7. The molecule has 0 saturated carbocycles. The molecule has 0 saturated heterocycles. The molecule has 0 spiro atoms. The second-order valence-corrected chi connectivity index (χ2v) is 11.6. The minimum absolute atomic E-state index is 0.0244. The first kappa shape index (κ1) is 37.7. The molecule has 4 aromatic rings. The highest BCUT2D eigenvalue weighted by molar-refractivity contribution is 5.96. The zero-order valence-corrected chi connectivity index (χ0v) is 28.6.